The summed E-state index contributed by atoms with van der Waals surface area (Å²) in [5.41, 5.74) is 0.717. The Morgan fingerprint density at radius 2 is 1.02 bits per heavy atom. The van der Waals surface area contributed by atoms with Crippen LogP contribution in [-0.4, -0.2) is 54.5 Å². The van der Waals surface area contributed by atoms with Gasteiger partial charge in [-0.2, -0.15) is 0 Å². The number of alkyl carbamates (subject to hydrolysis) is 1. The Balaban J connectivity index is 1.98. The molecular weight excluding hydrogens is 550 g/mol. The Morgan fingerprint density at radius 1 is 0.628 bits per heavy atom. The average molecular weight is 596 g/mol. The van der Waals surface area contributed by atoms with Crippen molar-refractivity contribution in [3.8, 4) is 11.1 Å². The third kappa shape index (κ3) is 11.0. The zero-order chi connectivity index (χ0) is 32.8. The zero-order valence-electron chi connectivity index (χ0n) is 27.0. The molecule has 0 saturated carbocycles. The van der Waals surface area contributed by atoms with Crippen LogP contribution < -0.4 is 5.32 Å². The maximum atomic E-state index is 12.8. The van der Waals surface area contributed by atoms with Gasteiger partial charge in [0, 0.05) is 11.1 Å². The van der Waals surface area contributed by atoms with Gasteiger partial charge in [-0.3, -0.25) is 14.4 Å². The fourth-order valence-corrected chi connectivity index (χ4v) is 3.75. The van der Waals surface area contributed by atoms with Gasteiger partial charge < -0.3 is 19.5 Å². The molecule has 9 nitrogen and oxygen atoms in total. The maximum absolute atomic E-state index is 12.8. The Kier molecular flexibility index (Phi) is 11.4. The number of hydrogen-bond acceptors (Lipinski definition) is 8. The molecule has 1 N–H and O–H groups in total. The molecule has 0 unspecified atom stereocenters. The third-order valence-corrected chi connectivity index (χ3v) is 6.85. The van der Waals surface area contributed by atoms with Gasteiger partial charge >= 0.3 is 18.0 Å². The van der Waals surface area contributed by atoms with Gasteiger partial charge in [0.15, 0.2) is 24.8 Å². The lowest BCUT2D eigenvalue weighted by Gasteiger charge is -2.30. The van der Waals surface area contributed by atoms with E-state index in [0.717, 1.165) is 11.1 Å². The van der Waals surface area contributed by atoms with Crippen LogP contribution in [0.1, 0.15) is 90.0 Å². The number of carbonyl (C=O) groups is 5. The summed E-state index contributed by atoms with van der Waals surface area (Å²) >= 11 is 0. The minimum atomic E-state index is -1.02. The molecule has 0 heterocycles. The molecule has 0 bridgehead atoms. The van der Waals surface area contributed by atoms with E-state index in [1.165, 1.54) is 0 Å². The summed E-state index contributed by atoms with van der Waals surface area (Å²) in [7, 11) is 0. The van der Waals surface area contributed by atoms with E-state index in [2.05, 4.69) is 5.32 Å². The number of benzene rings is 2. The van der Waals surface area contributed by atoms with Crippen LogP contribution in [0, 0.1) is 16.7 Å². The van der Waals surface area contributed by atoms with Gasteiger partial charge in [-0.1, -0.05) is 97.0 Å². The molecule has 1 amide bonds. The van der Waals surface area contributed by atoms with E-state index < -0.39 is 47.5 Å². The molecule has 0 radical (unpaired) electrons. The van der Waals surface area contributed by atoms with E-state index in [1.807, 2.05) is 20.8 Å². The molecule has 0 aliphatic rings. The molecule has 2 aromatic rings. The number of Topliss-reactive ketones (excluding diaryl/α,β-unsaturated/α-hetero) is 2. The smallest absolute Gasteiger partial charge is 0.408 e. The second-order valence-corrected chi connectivity index (χ2v) is 13.7. The lowest BCUT2D eigenvalue weighted by molar-refractivity contribution is -0.150. The van der Waals surface area contributed by atoms with E-state index in [4.69, 9.17) is 14.2 Å². The number of ether oxygens (including phenoxy) is 3. The van der Waals surface area contributed by atoms with Crippen LogP contribution in [-0.2, 0) is 23.8 Å². The molecule has 0 spiro atoms. The van der Waals surface area contributed by atoms with Crippen molar-refractivity contribution in [3.05, 3.63) is 59.7 Å². The summed E-state index contributed by atoms with van der Waals surface area (Å²) in [5.74, 6) is -2.19. The topological polar surface area (TPSA) is 125 Å². The fourth-order valence-electron chi connectivity index (χ4n) is 3.75. The number of nitrogens with one attached hydrogen (secondary N) is 1. The first-order valence-corrected chi connectivity index (χ1v) is 14.3. The Bertz CT molecular complexity index is 1310. The highest BCUT2D eigenvalue weighted by Crippen LogP contribution is 2.27. The minimum absolute atomic E-state index is 0.261. The monoisotopic (exact) mass is 595 g/mol. The van der Waals surface area contributed by atoms with Crippen LogP contribution in [0.4, 0.5) is 4.79 Å². The Labute approximate surface area is 254 Å². The first-order valence-electron chi connectivity index (χ1n) is 14.3. The molecule has 0 aliphatic carbocycles. The minimum Gasteiger partial charge on any atom is -0.457 e. The average Bonchev–Trinajstić information content (AvgIpc) is 2.90. The van der Waals surface area contributed by atoms with Gasteiger partial charge in [-0.15, -0.1) is 0 Å². The lowest BCUT2D eigenvalue weighted by Crippen LogP contribution is -2.51. The van der Waals surface area contributed by atoms with E-state index in [-0.39, 0.29) is 23.7 Å². The maximum Gasteiger partial charge on any atom is 0.408 e. The summed E-state index contributed by atoms with van der Waals surface area (Å²) in [6, 6.07) is 12.6. The third-order valence-electron chi connectivity index (χ3n) is 6.85. The quantitative estimate of drug-likeness (QED) is 0.189. The molecule has 2 aromatic carbocycles. The van der Waals surface area contributed by atoms with Crippen LogP contribution in [0.15, 0.2) is 48.5 Å². The van der Waals surface area contributed by atoms with Gasteiger partial charge in [0.25, 0.3) is 0 Å². The molecule has 0 aromatic heterocycles. The zero-order valence-corrected chi connectivity index (χ0v) is 27.0. The van der Waals surface area contributed by atoms with Gasteiger partial charge in [0.1, 0.15) is 11.6 Å². The largest absolute Gasteiger partial charge is 0.457 e. The normalized spacial score (nSPS) is 13.3. The van der Waals surface area contributed by atoms with Crippen LogP contribution in [0.2, 0.25) is 0 Å². The summed E-state index contributed by atoms with van der Waals surface area (Å²) < 4.78 is 15.7. The molecule has 234 valence electrons. The van der Waals surface area contributed by atoms with Crippen LogP contribution in [0.5, 0.6) is 0 Å². The molecule has 0 saturated heterocycles. The first kappa shape index (κ1) is 35.2. The summed E-state index contributed by atoms with van der Waals surface area (Å²) in [4.78, 5) is 62.5. The van der Waals surface area contributed by atoms with Crippen molar-refractivity contribution in [1.82, 2.24) is 5.32 Å². The van der Waals surface area contributed by atoms with Gasteiger partial charge in [0.2, 0.25) is 0 Å². The second-order valence-electron chi connectivity index (χ2n) is 13.7. The predicted octanol–water partition coefficient (Wildman–Crippen LogP) is 6.43. The number of hydrogen-bond donors (Lipinski definition) is 1. The van der Waals surface area contributed by atoms with Crippen LogP contribution in [0.25, 0.3) is 11.1 Å². The van der Waals surface area contributed by atoms with Crippen molar-refractivity contribution >= 4 is 29.6 Å². The second kappa shape index (κ2) is 14.0. The lowest BCUT2D eigenvalue weighted by atomic mass is 9.82. The molecule has 2 rings (SSSR count). The number of esters is 2. The first-order chi connectivity index (χ1) is 19.7. The van der Waals surface area contributed by atoms with Crippen LogP contribution in [0.3, 0.4) is 0 Å². The van der Waals surface area contributed by atoms with Crippen molar-refractivity contribution in [2.24, 2.45) is 16.7 Å². The Hall–Kier alpha value is -4.01. The Morgan fingerprint density at radius 3 is 1.37 bits per heavy atom. The number of amides is 1. The molecule has 2 atom stereocenters. The van der Waals surface area contributed by atoms with Crippen LogP contribution >= 0.6 is 0 Å². The number of ketones is 2. The van der Waals surface area contributed by atoms with Crippen molar-refractivity contribution in [3.63, 3.8) is 0 Å². The van der Waals surface area contributed by atoms with E-state index in [0.29, 0.717) is 11.1 Å². The molecule has 43 heavy (non-hydrogen) atoms. The van der Waals surface area contributed by atoms with E-state index in [1.54, 1.807) is 97.0 Å². The van der Waals surface area contributed by atoms with Gasteiger partial charge in [-0.05, 0) is 42.7 Å². The molecule has 0 aliphatic heterocycles. The predicted molar refractivity (Wildman–Crippen MR) is 164 cm³/mol. The van der Waals surface area contributed by atoms with Crippen molar-refractivity contribution in [1.29, 1.82) is 0 Å². The van der Waals surface area contributed by atoms with Crippen molar-refractivity contribution in [2.75, 3.05) is 13.2 Å². The summed E-state index contributed by atoms with van der Waals surface area (Å²) in [5, 5.41) is 2.54. The highest BCUT2D eigenvalue weighted by Gasteiger charge is 2.36. The molecular formula is C34H45NO8. The standard InChI is InChI=1S/C34H45NO8/c1-21(32(2,3)4)29(38)41-19-26(36)24-15-11-22(12-16-24)23-13-17-25(18-14-23)27(37)20-42-30(39)28(33(5,6)7)35-31(40)43-34(8,9)10/h11-18,21,28H,19-20H2,1-10H3,(H,35,40)/t21-,28-/m1/s1. The van der Waals surface area contributed by atoms with E-state index in [9.17, 15) is 24.0 Å². The SMILES string of the molecule is C[C@H](C(=O)OCC(=O)c1ccc(-c2ccc(C(=O)COC(=O)[C@@H](NC(=O)OC(C)(C)C)C(C)(C)C)cc2)cc1)C(C)(C)C. The molecule has 9 heteroatoms. The van der Waals surface area contributed by atoms with Gasteiger partial charge in [0.05, 0.1) is 5.92 Å². The van der Waals surface area contributed by atoms with Crippen molar-refractivity contribution < 1.29 is 38.2 Å². The highest BCUT2D eigenvalue weighted by molar-refractivity contribution is 5.99. The molecule has 0 fully saturated rings. The summed E-state index contributed by atoms with van der Waals surface area (Å²) in [6.45, 7) is 17.2. The van der Waals surface area contributed by atoms with Crippen molar-refractivity contribution in [2.45, 2.75) is 80.9 Å². The number of carbonyl (C=O) groups excluding carboxylic acids is 5. The summed E-state index contributed by atoms with van der Waals surface area (Å²) in [6.07, 6.45) is -0.752. The number of rotatable bonds is 10. The van der Waals surface area contributed by atoms with E-state index >= 15 is 0 Å². The van der Waals surface area contributed by atoms with Gasteiger partial charge in [-0.25, -0.2) is 9.59 Å². The fraction of sp³-hybridized carbons (Fsp3) is 0.500. The highest BCUT2D eigenvalue weighted by atomic mass is 16.6.